The van der Waals surface area contributed by atoms with Gasteiger partial charge in [0, 0.05) is 0 Å². The zero-order valence-corrected chi connectivity index (χ0v) is 14.8. The molecule has 136 valence electrons. The summed E-state index contributed by atoms with van der Waals surface area (Å²) < 4.78 is 11.7. The molecule has 0 unspecified atom stereocenters. The number of ether oxygens (including phenoxy) is 2. The van der Waals surface area contributed by atoms with Gasteiger partial charge in [0.25, 0.3) is 5.95 Å². The molecule has 0 bridgehead atoms. The maximum atomic E-state index is 5.95. The molecule has 0 radical (unpaired) electrons. The molecular formula is C18H22N6O2. The van der Waals surface area contributed by atoms with Gasteiger partial charge < -0.3 is 20.6 Å². The van der Waals surface area contributed by atoms with Crippen molar-refractivity contribution in [1.82, 2.24) is 20.3 Å². The highest BCUT2D eigenvalue weighted by molar-refractivity contribution is 5.43. The predicted octanol–water partition coefficient (Wildman–Crippen LogP) is 2.29. The number of aryl methyl sites for hydroxylation is 1. The first kappa shape index (κ1) is 17.5. The van der Waals surface area contributed by atoms with Crippen LogP contribution in [-0.2, 0) is 13.2 Å². The molecule has 0 amide bonds. The lowest BCUT2D eigenvalue weighted by Gasteiger charge is -2.14. The first-order chi connectivity index (χ1) is 12.7. The van der Waals surface area contributed by atoms with E-state index >= 15 is 0 Å². The summed E-state index contributed by atoms with van der Waals surface area (Å²) in [5.74, 6) is 1.61. The highest BCUT2D eigenvalue weighted by Gasteiger charge is 2.08. The number of hydrogen-bond donors (Lipinski definition) is 2. The van der Waals surface area contributed by atoms with Gasteiger partial charge in [-0.15, -0.1) is 4.79 Å². The van der Waals surface area contributed by atoms with Crippen molar-refractivity contribution in [1.29, 1.82) is 0 Å². The van der Waals surface area contributed by atoms with E-state index in [1.54, 1.807) is 0 Å². The molecule has 1 aromatic heterocycles. The van der Waals surface area contributed by atoms with Gasteiger partial charge in [-0.2, -0.15) is 0 Å². The second kappa shape index (κ2) is 8.19. The molecule has 8 heteroatoms. The number of nitrogens with two attached hydrogens (primary N) is 1. The minimum absolute atomic E-state index is 0.202. The van der Waals surface area contributed by atoms with E-state index in [2.05, 4.69) is 40.0 Å². The van der Waals surface area contributed by atoms with Crippen LogP contribution < -0.4 is 20.6 Å². The fourth-order valence-electron chi connectivity index (χ4n) is 2.49. The van der Waals surface area contributed by atoms with E-state index < -0.39 is 0 Å². The van der Waals surface area contributed by atoms with Crippen molar-refractivity contribution in [3.8, 4) is 11.5 Å². The Morgan fingerprint density at radius 3 is 2.69 bits per heavy atom. The van der Waals surface area contributed by atoms with Gasteiger partial charge in [-0.1, -0.05) is 41.0 Å². The lowest BCUT2D eigenvalue weighted by molar-refractivity contribution is 0.269. The first-order valence-electron chi connectivity index (χ1n) is 8.37. The highest BCUT2D eigenvalue weighted by atomic mass is 16.5. The van der Waals surface area contributed by atoms with Gasteiger partial charge in [-0.05, 0) is 47.5 Å². The molecule has 0 fully saturated rings. The Morgan fingerprint density at radius 1 is 1.08 bits per heavy atom. The number of aromatic nitrogens is 4. The van der Waals surface area contributed by atoms with Crippen LogP contribution in [-0.4, -0.2) is 26.9 Å². The fraction of sp³-hybridized carbons (Fsp3) is 0.278. The Kier molecular flexibility index (Phi) is 5.52. The van der Waals surface area contributed by atoms with Crippen molar-refractivity contribution in [2.75, 3.05) is 17.8 Å². The van der Waals surface area contributed by atoms with Crippen LogP contribution in [0.15, 0.2) is 42.5 Å². The summed E-state index contributed by atoms with van der Waals surface area (Å²) in [6.07, 6.45) is 0. The van der Waals surface area contributed by atoms with Gasteiger partial charge in [0.15, 0.2) is 11.5 Å². The van der Waals surface area contributed by atoms with Crippen LogP contribution >= 0.6 is 0 Å². The van der Waals surface area contributed by atoms with Crippen LogP contribution in [0, 0.1) is 6.92 Å². The zero-order chi connectivity index (χ0) is 18.4. The largest absolute Gasteiger partial charge is 0.490 e. The van der Waals surface area contributed by atoms with Crippen molar-refractivity contribution >= 4 is 5.95 Å². The second-order valence-corrected chi connectivity index (χ2v) is 5.78. The van der Waals surface area contributed by atoms with E-state index in [4.69, 9.17) is 15.2 Å². The van der Waals surface area contributed by atoms with E-state index in [0.29, 0.717) is 31.3 Å². The van der Waals surface area contributed by atoms with Gasteiger partial charge in [-0.3, -0.25) is 0 Å². The predicted molar refractivity (Wildman–Crippen MR) is 98.4 cm³/mol. The van der Waals surface area contributed by atoms with Crippen molar-refractivity contribution in [3.05, 3.63) is 59.2 Å². The molecule has 3 rings (SSSR count). The Hall–Kier alpha value is -3.29. The topological polar surface area (TPSA) is 100 Å². The number of benzene rings is 2. The molecule has 2 aromatic carbocycles. The van der Waals surface area contributed by atoms with Crippen LogP contribution in [0.2, 0.25) is 0 Å². The lowest BCUT2D eigenvalue weighted by atomic mass is 10.1. The van der Waals surface area contributed by atoms with Crippen molar-refractivity contribution in [2.24, 2.45) is 0 Å². The SMILES string of the molecule is CCOc1cc(CNn2nnnc2N)ccc1OCc1cccc(C)c1. The minimum Gasteiger partial charge on any atom is -0.490 e. The quantitative estimate of drug-likeness (QED) is 0.640. The Bertz CT molecular complexity index is 864. The first-order valence-corrected chi connectivity index (χ1v) is 8.37. The van der Waals surface area contributed by atoms with Crippen molar-refractivity contribution < 1.29 is 9.47 Å². The molecule has 0 spiro atoms. The lowest BCUT2D eigenvalue weighted by Crippen LogP contribution is -2.18. The number of rotatable bonds is 8. The summed E-state index contributed by atoms with van der Waals surface area (Å²) >= 11 is 0. The van der Waals surface area contributed by atoms with E-state index in [9.17, 15) is 0 Å². The third-order valence-electron chi connectivity index (χ3n) is 3.71. The van der Waals surface area contributed by atoms with Gasteiger partial charge in [0.05, 0.1) is 13.2 Å². The average Bonchev–Trinajstić information content (AvgIpc) is 3.04. The standard InChI is InChI=1S/C18H22N6O2/c1-3-25-17-10-14(11-20-24-18(19)21-22-23-24)7-8-16(17)26-12-15-6-4-5-13(2)9-15/h4-10,20H,3,11-12H2,1-2H3,(H2,19,21,23). The van der Waals surface area contributed by atoms with E-state index in [1.807, 2.05) is 37.3 Å². The van der Waals surface area contributed by atoms with Crippen LogP contribution in [0.1, 0.15) is 23.6 Å². The van der Waals surface area contributed by atoms with E-state index in [-0.39, 0.29) is 5.95 Å². The molecule has 0 saturated carbocycles. The van der Waals surface area contributed by atoms with Crippen LogP contribution in [0.5, 0.6) is 11.5 Å². The Balaban J connectivity index is 1.68. The third-order valence-corrected chi connectivity index (χ3v) is 3.71. The van der Waals surface area contributed by atoms with Crippen LogP contribution in [0.3, 0.4) is 0 Å². The van der Waals surface area contributed by atoms with E-state index in [1.165, 1.54) is 10.4 Å². The molecule has 26 heavy (non-hydrogen) atoms. The number of nitrogens with one attached hydrogen (secondary N) is 1. The molecule has 0 aliphatic carbocycles. The summed E-state index contributed by atoms with van der Waals surface area (Å²) in [4.78, 5) is 1.32. The normalized spacial score (nSPS) is 10.5. The molecule has 0 aliphatic rings. The van der Waals surface area contributed by atoms with Crippen LogP contribution in [0.25, 0.3) is 0 Å². The van der Waals surface area contributed by atoms with Gasteiger partial charge >= 0.3 is 0 Å². The molecule has 1 heterocycles. The Morgan fingerprint density at radius 2 is 1.96 bits per heavy atom. The molecular weight excluding hydrogens is 332 g/mol. The molecule has 0 aliphatic heterocycles. The van der Waals surface area contributed by atoms with Crippen molar-refractivity contribution in [3.63, 3.8) is 0 Å². The maximum absolute atomic E-state index is 5.95. The third kappa shape index (κ3) is 4.41. The second-order valence-electron chi connectivity index (χ2n) is 5.78. The summed E-state index contributed by atoms with van der Waals surface area (Å²) in [5, 5.41) is 10.8. The minimum atomic E-state index is 0.202. The number of tetrazole rings is 1. The summed E-state index contributed by atoms with van der Waals surface area (Å²) in [6, 6.07) is 14.0. The summed E-state index contributed by atoms with van der Waals surface area (Å²) in [6.45, 7) is 5.54. The number of nitrogen functional groups attached to an aromatic ring is 1. The fourth-order valence-corrected chi connectivity index (χ4v) is 2.49. The molecule has 3 aromatic rings. The van der Waals surface area contributed by atoms with Crippen molar-refractivity contribution in [2.45, 2.75) is 27.0 Å². The maximum Gasteiger partial charge on any atom is 0.260 e. The Labute approximate surface area is 151 Å². The number of hydrogen-bond acceptors (Lipinski definition) is 7. The summed E-state index contributed by atoms with van der Waals surface area (Å²) in [7, 11) is 0. The van der Waals surface area contributed by atoms with Gasteiger partial charge in [0.1, 0.15) is 6.61 Å². The number of nitrogens with zero attached hydrogens (tertiary/aromatic N) is 4. The highest BCUT2D eigenvalue weighted by Crippen LogP contribution is 2.29. The van der Waals surface area contributed by atoms with Crippen LogP contribution in [0.4, 0.5) is 5.95 Å². The molecule has 3 N–H and O–H groups in total. The van der Waals surface area contributed by atoms with Gasteiger partial charge in [0.2, 0.25) is 0 Å². The monoisotopic (exact) mass is 354 g/mol. The van der Waals surface area contributed by atoms with E-state index in [0.717, 1.165) is 11.1 Å². The van der Waals surface area contributed by atoms with Gasteiger partial charge in [-0.25, -0.2) is 0 Å². The molecule has 0 saturated heterocycles. The number of anilines is 1. The smallest absolute Gasteiger partial charge is 0.260 e. The summed E-state index contributed by atoms with van der Waals surface area (Å²) in [5.41, 5.74) is 12.0. The molecule has 8 nitrogen and oxygen atoms in total. The molecule has 0 atom stereocenters. The average molecular weight is 354 g/mol. The zero-order valence-electron chi connectivity index (χ0n) is 14.8.